The van der Waals surface area contributed by atoms with Crippen LogP contribution in [0, 0.1) is 5.92 Å². The number of benzene rings is 1. The minimum atomic E-state index is -0.417. The van der Waals surface area contributed by atoms with Crippen molar-refractivity contribution in [2.75, 3.05) is 6.61 Å². The fraction of sp³-hybridized carbons (Fsp3) is 0.278. The van der Waals surface area contributed by atoms with E-state index in [2.05, 4.69) is 4.98 Å². The third kappa shape index (κ3) is 4.92. The summed E-state index contributed by atoms with van der Waals surface area (Å²) in [6.45, 7) is 3.78. The molecule has 1 atom stereocenters. The van der Waals surface area contributed by atoms with Gasteiger partial charge in [0.25, 0.3) is 0 Å². The molecule has 2 aromatic rings. The molecule has 0 amide bonds. The number of Topliss-reactive ketones (excluding diaryl/α,β-unsaturated/α-hetero) is 1. The van der Waals surface area contributed by atoms with Crippen LogP contribution in [0.3, 0.4) is 0 Å². The smallest absolute Gasteiger partial charge is 0.306 e. The fourth-order valence-corrected chi connectivity index (χ4v) is 2.08. The molecule has 0 aliphatic rings. The lowest BCUT2D eigenvalue weighted by atomic mass is 9.96. The Morgan fingerprint density at radius 1 is 1.13 bits per heavy atom. The van der Waals surface area contributed by atoms with E-state index in [9.17, 15) is 9.59 Å². The number of aromatic nitrogens is 1. The average Bonchev–Trinajstić information content (AvgIpc) is 2.56. The number of carbonyl (C=O) groups excluding carboxylic acids is 2. The van der Waals surface area contributed by atoms with Gasteiger partial charge >= 0.3 is 5.97 Å². The van der Waals surface area contributed by atoms with E-state index >= 15 is 0 Å². The predicted molar refractivity (Wildman–Crippen MR) is 85.5 cm³/mol. The number of hydrogen-bond donors (Lipinski definition) is 0. The van der Waals surface area contributed by atoms with Crippen LogP contribution in [-0.4, -0.2) is 23.3 Å². The first-order valence-corrected chi connectivity index (χ1v) is 7.48. The number of esters is 1. The van der Waals surface area contributed by atoms with Crippen molar-refractivity contribution in [2.45, 2.75) is 20.3 Å². The number of ether oxygens (including phenoxy) is 2. The summed E-state index contributed by atoms with van der Waals surface area (Å²) in [5.41, 5.74) is 0.542. The van der Waals surface area contributed by atoms with E-state index in [1.807, 2.05) is 0 Å². The molecular formula is C18H19NO4. The first-order valence-electron chi connectivity index (χ1n) is 7.48. The van der Waals surface area contributed by atoms with Gasteiger partial charge in [0.1, 0.15) is 11.5 Å². The van der Waals surface area contributed by atoms with Crippen molar-refractivity contribution >= 4 is 11.8 Å². The summed E-state index contributed by atoms with van der Waals surface area (Å²) in [6.07, 6.45) is 3.36. The Labute approximate surface area is 135 Å². The third-order valence-corrected chi connectivity index (χ3v) is 3.23. The predicted octanol–water partition coefficient (Wildman–Crippen LogP) is 3.65. The number of pyridine rings is 1. The van der Waals surface area contributed by atoms with Gasteiger partial charge in [0, 0.05) is 17.7 Å². The molecule has 0 spiro atoms. The van der Waals surface area contributed by atoms with E-state index in [-0.39, 0.29) is 18.2 Å². The van der Waals surface area contributed by atoms with Gasteiger partial charge in [0.05, 0.1) is 19.2 Å². The van der Waals surface area contributed by atoms with E-state index in [1.54, 1.807) is 62.6 Å². The first kappa shape index (κ1) is 16.7. The van der Waals surface area contributed by atoms with Crippen LogP contribution in [0.2, 0.25) is 0 Å². The van der Waals surface area contributed by atoms with Crippen LogP contribution < -0.4 is 4.74 Å². The summed E-state index contributed by atoms with van der Waals surface area (Å²) >= 11 is 0. The van der Waals surface area contributed by atoms with Crippen LogP contribution in [0.1, 0.15) is 30.6 Å². The van der Waals surface area contributed by atoms with Crippen LogP contribution in [0.4, 0.5) is 0 Å². The van der Waals surface area contributed by atoms with Crippen LogP contribution >= 0.6 is 0 Å². The molecule has 1 heterocycles. The van der Waals surface area contributed by atoms with Crippen LogP contribution in [0.5, 0.6) is 11.5 Å². The first-order chi connectivity index (χ1) is 11.1. The molecule has 23 heavy (non-hydrogen) atoms. The Morgan fingerprint density at radius 3 is 2.48 bits per heavy atom. The molecule has 0 saturated heterocycles. The van der Waals surface area contributed by atoms with Crippen LogP contribution in [0.15, 0.2) is 48.8 Å². The minimum Gasteiger partial charge on any atom is -0.466 e. The zero-order chi connectivity index (χ0) is 16.7. The van der Waals surface area contributed by atoms with Gasteiger partial charge in [-0.3, -0.25) is 14.6 Å². The largest absolute Gasteiger partial charge is 0.466 e. The van der Waals surface area contributed by atoms with Gasteiger partial charge in [0.15, 0.2) is 5.78 Å². The molecule has 0 saturated carbocycles. The van der Waals surface area contributed by atoms with Gasteiger partial charge in [-0.1, -0.05) is 6.92 Å². The van der Waals surface area contributed by atoms with E-state index in [0.717, 1.165) is 0 Å². The highest BCUT2D eigenvalue weighted by Gasteiger charge is 2.19. The highest BCUT2D eigenvalue weighted by molar-refractivity contribution is 5.99. The third-order valence-electron chi connectivity index (χ3n) is 3.23. The van der Waals surface area contributed by atoms with Crippen molar-refractivity contribution in [1.29, 1.82) is 0 Å². The van der Waals surface area contributed by atoms with Gasteiger partial charge in [-0.05, 0) is 43.3 Å². The Hall–Kier alpha value is -2.69. The van der Waals surface area contributed by atoms with Crippen molar-refractivity contribution < 1.29 is 19.1 Å². The molecule has 5 heteroatoms. The quantitative estimate of drug-likeness (QED) is 0.576. The summed E-state index contributed by atoms with van der Waals surface area (Å²) < 4.78 is 10.5. The number of carbonyl (C=O) groups is 2. The van der Waals surface area contributed by atoms with Gasteiger partial charge < -0.3 is 9.47 Å². The van der Waals surface area contributed by atoms with E-state index < -0.39 is 5.92 Å². The van der Waals surface area contributed by atoms with Crippen LogP contribution in [-0.2, 0) is 9.53 Å². The van der Waals surface area contributed by atoms with Gasteiger partial charge in [-0.25, -0.2) is 0 Å². The maximum atomic E-state index is 12.3. The van der Waals surface area contributed by atoms with E-state index in [4.69, 9.17) is 9.47 Å². The topological polar surface area (TPSA) is 65.5 Å². The van der Waals surface area contributed by atoms with Crippen LogP contribution in [0.25, 0.3) is 0 Å². The normalized spacial score (nSPS) is 11.6. The SMILES string of the molecule is CCOC(=O)CC(C)C(=O)c1ccc(Oc2cccnc2)cc1. The highest BCUT2D eigenvalue weighted by atomic mass is 16.5. The van der Waals surface area contributed by atoms with Crippen molar-refractivity contribution in [1.82, 2.24) is 4.98 Å². The van der Waals surface area contributed by atoms with Crippen molar-refractivity contribution in [3.63, 3.8) is 0 Å². The molecular weight excluding hydrogens is 294 g/mol. The lowest BCUT2D eigenvalue weighted by molar-refractivity contribution is -0.143. The lowest BCUT2D eigenvalue weighted by Gasteiger charge is -2.10. The van der Waals surface area contributed by atoms with Crippen molar-refractivity contribution in [3.05, 3.63) is 54.4 Å². The molecule has 0 bridgehead atoms. The monoisotopic (exact) mass is 313 g/mol. The van der Waals surface area contributed by atoms with E-state index in [1.165, 1.54) is 0 Å². The van der Waals surface area contributed by atoms with Crippen molar-refractivity contribution in [3.8, 4) is 11.5 Å². The van der Waals surface area contributed by atoms with Gasteiger partial charge in [0.2, 0.25) is 0 Å². The second-order valence-electron chi connectivity index (χ2n) is 5.09. The minimum absolute atomic E-state index is 0.0839. The molecule has 0 aliphatic heterocycles. The molecule has 2 rings (SSSR count). The standard InChI is InChI=1S/C18H19NO4/c1-3-22-17(20)11-13(2)18(21)14-6-8-15(9-7-14)23-16-5-4-10-19-12-16/h4-10,12-13H,3,11H2,1-2H3. The zero-order valence-electron chi connectivity index (χ0n) is 13.2. The average molecular weight is 313 g/mol. The molecule has 120 valence electrons. The number of ketones is 1. The summed E-state index contributed by atoms with van der Waals surface area (Å²) in [5, 5.41) is 0. The summed E-state index contributed by atoms with van der Waals surface area (Å²) in [5.74, 6) is 0.379. The summed E-state index contributed by atoms with van der Waals surface area (Å²) in [6, 6.07) is 10.4. The Balaban J connectivity index is 1.98. The molecule has 1 unspecified atom stereocenters. The highest BCUT2D eigenvalue weighted by Crippen LogP contribution is 2.22. The Kier molecular flexibility index (Phi) is 5.86. The Bertz CT molecular complexity index is 652. The zero-order valence-corrected chi connectivity index (χ0v) is 13.2. The molecule has 1 aromatic heterocycles. The maximum Gasteiger partial charge on any atom is 0.306 e. The van der Waals surface area contributed by atoms with Gasteiger partial charge in [-0.2, -0.15) is 0 Å². The molecule has 1 aromatic carbocycles. The number of rotatable bonds is 7. The van der Waals surface area contributed by atoms with E-state index in [0.29, 0.717) is 23.7 Å². The lowest BCUT2D eigenvalue weighted by Crippen LogP contribution is -2.17. The van der Waals surface area contributed by atoms with Crippen molar-refractivity contribution in [2.24, 2.45) is 5.92 Å². The summed E-state index contributed by atoms with van der Waals surface area (Å²) in [7, 11) is 0. The summed E-state index contributed by atoms with van der Waals surface area (Å²) in [4.78, 5) is 27.7. The second-order valence-corrected chi connectivity index (χ2v) is 5.09. The fourth-order valence-electron chi connectivity index (χ4n) is 2.08. The molecule has 0 aliphatic carbocycles. The maximum absolute atomic E-state index is 12.3. The molecule has 0 N–H and O–H groups in total. The molecule has 0 fully saturated rings. The molecule has 5 nitrogen and oxygen atoms in total. The second kappa shape index (κ2) is 8.08. The molecule has 0 radical (unpaired) electrons. The van der Waals surface area contributed by atoms with Gasteiger partial charge in [-0.15, -0.1) is 0 Å². The Morgan fingerprint density at radius 2 is 1.87 bits per heavy atom. The number of nitrogens with zero attached hydrogens (tertiary/aromatic N) is 1. The number of hydrogen-bond acceptors (Lipinski definition) is 5.